The summed E-state index contributed by atoms with van der Waals surface area (Å²) in [5.74, 6) is 0. The molecular weight excluding hydrogens is 226 g/mol. The molecule has 1 atom stereocenters. The van der Waals surface area contributed by atoms with Crippen LogP contribution in [0.25, 0.3) is 0 Å². The Morgan fingerprint density at radius 3 is 2.75 bits per heavy atom. The van der Waals surface area contributed by atoms with Gasteiger partial charge in [0.2, 0.25) is 0 Å². The molecule has 1 fully saturated rings. The van der Waals surface area contributed by atoms with E-state index < -0.39 is 0 Å². The van der Waals surface area contributed by atoms with Crippen LogP contribution in [0.4, 0.5) is 5.00 Å². The van der Waals surface area contributed by atoms with Crippen LogP contribution in [0, 0.1) is 10.1 Å². The molecule has 5 nitrogen and oxygen atoms in total. The van der Waals surface area contributed by atoms with Crippen LogP contribution in [-0.4, -0.2) is 36.0 Å². The summed E-state index contributed by atoms with van der Waals surface area (Å²) in [5.41, 5.74) is 0. The maximum atomic E-state index is 10.6. The van der Waals surface area contributed by atoms with Gasteiger partial charge in [-0.1, -0.05) is 11.3 Å². The van der Waals surface area contributed by atoms with Gasteiger partial charge in [-0.25, -0.2) is 0 Å². The van der Waals surface area contributed by atoms with Crippen LogP contribution in [0.5, 0.6) is 0 Å². The van der Waals surface area contributed by atoms with Gasteiger partial charge >= 0.3 is 5.00 Å². The number of piperazine rings is 1. The zero-order chi connectivity index (χ0) is 11.5. The van der Waals surface area contributed by atoms with Gasteiger partial charge in [-0.05, 0) is 13.0 Å². The van der Waals surface area contributed by atoms with Crippen molar-refractivity contribution in [3.8, 4) is 0 Å². The summed E-state index contributed by atoms with van der Waals surface area (Å²) < 4.78 is 0. The van der Waals surface area contributed by atoms with E-state index in [-0.39, 0.29) is 16.0 Å². The molecule has 0 radical (unpaired) electrons. The first-order chi connectivity index (χ1) is 7.68. The third-order valence-electron chi connectivity index (χ3n) is 2.90. The van der Waals surface area contributed by atoms with Gasteiger partial charge in [-0.2, -0.15) is 0 Å². The van der Waals surface area contributed by atoms with E-state index in [1.807, 2.05) is 6.07 Å². The summed E-state index contributed by atoms with van der Waals surface area (Å²) >= 11 is 1.28. The fourth-order valence-corrected chi connectivity index (χ4v) is 2.82. The lowest BCUT2D eigenvalue weighted by Gasteiger charge is -2.32. The quantitative estimate of drug-likeness (QED) is 0.645. The Hall–Kier alpha value is -0.980. The minimum absolute atomic E-state index is 0.233. The van der Waals surface area contributed by atoms with E-state index in [1.165, 1.54) is 11.3 Å². The second-order valence-electron chi connectivity index (χ2n) is 3.90. The molecule has 0 bridgehead atoms. The van der Waals surface area contributed by atoms with E-state index in [4.69, 9.17) is 0 Å². The van der Waals surface area contributed by atoms with E-state index in [2.05, 4.69) is 17.1 Å². The lowest BCUT2D eigenvalue weighted by molar-refractivity contribution is -0.380. The molecule has 2 rings (SSSR count). The standard InChI is InChI=1S/C10H15N3O2S/c1-8(12-6-4-11-5-7-12)9-2-3-10(16-9)13(14)15/h2-3,8,11H,4-7H2,1H3/t8-/m1/s1. The van der Waals surface area contributed by atoms with Crippen LogP contribution < -0.4 is 5.32 Å². The molecule has 88 valence electrons. The van der Waals surface area contributed by atoms with E-state index in [1.54, 1.807) is 6.07 Å². The lowest BCUT2D eigenvalue weighted by Crippen LogP contribution is -2.44. The second kappa shape index (κ2) is 4.90. The molecule has 0 unspecified atom stereocenters. The third-order valence-corrected chi connectivity index (χ3v) is 4.11. The van der Waals surface area contributed by atoms with Crippen LogP contribution in [0.2, 0.25) is 0 Å². The monoisotopic (exact) mass is 241 g/mol. The van der Waals surface area contributed by atoms with Crippen molar-refractivity contribution in [2.45, 2.75) is 13.0 Å². The molecule has 0 spiro atoms. The van der Waals surface area contributed by atoms with Gasteiger partial charge in [0.25, 0.3) is 0 Å². The summed E-state index contributed by atoms with van der Waals surface area (Å²) in [5, 5.41) is 14.1. The molecule has 6 heteroatoms. The number of nitrogens with one attached hydrogen (secondary N) is 1. The molecule has 1 aromatic rings. The van der Waals surface area contributed by atoms with Gasteiger partial charge in [0.1, 0.15) is 0 Å². The average molecular weight is 241 g/mol. The molecule has 0 aliphatic carbocycles. The van der Waals surface area contributed by atoms with E-state index in [0.29, 0.717) is 0 Å². The number of rotatable bonds is 3. The molecule has 2 heterocycles. The van der Waals surface area contributed by atoms with Crippen LogP contribution >= 0.6 is 11.3 Å². The molecule has 0 saturated carbocycles. The molecule has 1 aliphatic rings. The van der Waals surface area contributed by atoms with Crippen molar-refractivity contribution in [3.05, 3.63) is 27.1 Å². The molecular formula is C10H15N3O2S. The van der Waals surface area contributed by atoms with Crippen molar-refractivity contribution in [1.29, 1.82) is 0 Å². The Kier molecular flexibility index (Phi) is 3.52. The van der Waals surface area contributed by atoms with Crippen molar-refractivity contribution < 1.29 is 4.92 Å². The fourth-order valence-electron chi connectivity index (χ4n) is 1.91. The van der Waals surface area contributed by atoms with Crippen molar-refractivity contribution in [1.82, 2.24) is 10.2 Å². The van der Waals surface area contributed by atoms with Gasteiger partial charge in [-0.15, -0.1) is 0 Å². The largest absolute Gasteiger partial charge is 0.324 e. The highest BCUT2D eigenvalue weighted by atomic mass is 32.1. The van der Waals surface area contributed by atoms with Crippen molar-refractivity contribution >= 4 is 16.3 Å². The Balaban J connectivity index is 2.07. The molecule has 1 N–H and O–H groups in total. The predicted molar refractivity (Wildman–Crippen MR) is 63.8 cm³/mol. The highest BCUT2D eigenvalue weighted by Crippen LogP contribution is 2.31. The summed E-state index contributed by atoms with van der Waals surface area (Å²) in [6, 6.07) is 3.74. The average Bonchev–Trinajstić information content (AvgIpc) is 2.78. The number of thiophene rings is 1. The maximum Gasteiger partial charge on any atom is 0.324 e. The Morgan fingerprint density at radius 1 is 1.50 bits per heavy atom. The zero-order valence-corrected chi connectivity index (χ0v) is 10.00. The lowest BCUT2D eigenvalue weighted by atomic mass is 10.2. The Bertz CT molecular complexity index is 374. The normalized spacial score (nSPS) is 19.6. The van der Waals surface area contributed by atoms with Crippen LogP contribution in [0.15, 0.2) is 12.1 Å². The first kappa shape index (κ1) is 11.5. The number of nitro groups is 1. The minimum atomic E-state index is -0.321. The first-order valence-corrected chi connectivity index (χ1v) is 6.19. The molecule has 1 aliphatic heterocycles. The van der Waals surface area contributed by atoms with E-state index in [9.17, 15) is 10.1 Å². The van der Waals surface area contributed by atoms with E-state index >= 15 is 0 Å². The molecule has 0 amide bonds. The number of hydrogen-bond acceptors (Lipinski definition) is 5. The van der Waals surface area contributed by atoms with Crippen LogP contribution in [-0.2, 0) is 0 Å². The molecule has 1 saturated heterocycles. The maximum absolute atomic E-state index is 10.6. The second-order valence-corrected chi connectivity index (χ2v) is 4.99. The topological polar surface area (TPSA) is 58.4 Å². The summed E-state index contributed by atoms with van der Waals surface area (Å²) in [6.07, 6.45) is 0. The molecule has 0 aromatic carbocycles. The Labute approximate surface area is 98.2 Å². The van der Waals surface area contributed by atoms with Crippen LogP contribution in [0.3, 0.4) is 0 Å². The SMILES string of the molecule is C[C@H](c1ccc([N+](=O)[O-])s1)N1CCNCC1. The van der Waals surface area contributed by atoms with Crippen molar-refractivity contribution in [3.63, 3.8) is 0 Å². The molecule has 1 aromatic heterocycles. The van der Waals surface area contributed by atoms with Gasteiger partial charge in [-0.3, -0.25) is 15.0 Å². The van der Waals surface area contributed by atoms with Gasteiger partial charge < -0.3 is 5.32 Å². The highest BCUT2D eigenvalue weighted by Gasteiger charge is 2.21. The zero-order valence-electron chi connectivity index (χ0n) is 9.18. The van der Waals surface area contributed by atoms with Gasteiger partial charge in [0.05, 0.1) is 4.92 Å². The smallest absolute Gasteiger partial charge is 0.314 e. The van der Waals surface area contributed by atoms with Gasteiger partial charge in [0, 0.05) is 43.2 Å². The number of hydrogen-bond donors (Lipinski definition) is 1. The summed E-state index contributed by atoms with van der Waals surface area (Å²) in [6.45, 7) is 6.12. The van der Waals surface area contributed by atoms with Crippen molar-refractivity contribution in [2.24, 2.45) is 0 Å². The predicted octanol–water partition coefficient (Wildman–Crippen LogP) is 1.62. The van der Waals surface area contributed by atoms with Crippen molar-refractivity contribution in [2.75, 3.05) is 26.2 Å². The summed E-state index contributed by atoms with van der Waals surface area (Å²) in [4.78, 5) is 13.7. The van der Waals surface area contributed by atoms with Gasteiger partial charge in [0.15, 0.2) is 0 Å². The van der Waals surface area contributed by atoms with Crippen LogP contribution in [0.1, 0.15) is 17.8 Å². The van der Waals surface area contributed by atoms with E-state index in [0.717, 1.165) is 31.1 Å². The fraction of sp³-hybridized carbons (Fsp3) is 0.600. The first-order valence-electron chi connectivity index (χ1n) is 5.37. The highest BCUT2D eigenvalue weighted by molar-refractivity contribution is 7.15. The number of nitrogens with zero attached hydrogens (tertiary/aromatic N) is 2. The Morgan fingerprint density at radius 2 is 2.19 bits per heavy atom. The summed E-state index contributed by atoms with van der Waals surface area (Å²) in [7, 11) is 0. The third kappa shape index (κ3) is 2.40. The molecule has 16 heavy (non-hydrogen) atoms. The minimum Gasteiger partial charge on any atom is -0.314 e.